The summed E-state index contributed by atoms with van der Waals surface area (Å²) in [5.74, 6) is -3.27. The van der Waals surface area contributed by atoms with Crippen LogP contribution in [0.2, 0.25) is 10.0 Å². The number of likely N-dealkylation sites (tertiary alicyclic amines) is 1. The minimum absolute atomic E-state index is 0.111. The number of urea groups is 1. The lowest BCUT2D eigenvalue weighted by molar-refractivity contribution is -0.130. The molecule has 0 saturated carbocycles. The van der Waals surface area contributed by atoms with Crippen molar-refractivity contribution >= 4 is 57.6 Å². The van der Waals surface area contributed by atoms with Gasteiger partial charge in [-0.15, -0.1) is 0 Å². The number of anilines is 1. The van der Waals surface area contributed by atoms with Crippen LogP contribution in [-0.2, 0) is 29.1 Å². The molecule has 2 atom stereocenters. The van der Waals surface area contributed by atoms with Crippen LogP contribution in [0.25, 0.3) is 10.9 Å². The molecule has 1 fully saturated rings. The van der Waals surface area contributed by atoms with E-state index in [1.54, 1.807) is 24.3 Å². The molecule has 4 amide bonds. The molecule has 3 aromatic carbocycles. The van der Waals surface area contributed by atoms with Crippen LogP contribution in [0.1, 0.15) is 42.9 Å². The molecular formula is C38H46Cl2F2N8O3. The monoisotopic (exact) mass is 770 g/mol. The summed E-state index contributed by atoms with van der Waals surface area (Å²) in [6.07, 6.45) is 4.35. The van der Waals surface area contributed by atoms with Crippen molar-refractivity contribution in [3.05, 3.63) is 99.2 Å². The van der Waals surface area contributed by atoms with Gasteiger partial charge in [0.05, 0.1) is 12.1 Å². The molecule has 11 nitrogen and oxygen atoms in total. The van der Waals surface area contributed by atoms with E-state index in [0.29, 0.717) is 35.4 Å². The zero-order valence-corrected chi connectivity index (χ0v) is 31.1. The number of amides is 4. The number of halogens is 4. The maximum absolute atomic E-state index is 14.2. The normalized spacial score (nSPS) is 14.2. The van der Waals surface area contributed by atoms with Crippen molar-refractivity contribution in [2.24, 2.45) is 5.73 Å². The number of nitrogens with one attached hydrogen (secondary N) is 5. The van der Waals surface area contributed by atoms with Crippen LogP contribution in [0.15, 0.2) is 60.8 Å². The lowest BCUT2D eigenvalue weighted by Crippen LogP contribution is -2.55. The molecule has 0 radical (unpaired) electrons. The Morgan fingerprint density at radius 1 is 0.887 bits per heavy atom. The van der Waals surface area contributed by atoms with Crippen molar-refractivity contribution in [2.45, 2.75) is 57.8 Å². The third-order valence-electron chi connectivity index (χ3n) is 9.19. The van der Waals surface area contributed by atoms with Crippen molar-refractivity contribution < 1.29 is 23.2 Å². The van der Waals surface area contributed by atoms with E-state index in [1.807, 2.05) is 19.1 Å². The van der Waals surface area contributed by atoms with Crippen LogP contribution in [-0.4, -0.2) is 78.7 Å². The number of aromatic nitrogens is 1. The van der Waals surface area contributed by atoms with E-state index in [0.717, 1.165) is 73.2 Å². The Hall–Kier alpha value is -4.27. The number of carbonyl (C=O) groups is 3. The maximum Gasteiger partial charge on any atom is 0.319 e. The number of hydrogen-bond acceptors (Lipinski definition) is 6. The number of carbonyl (C=O) groups excluding carboxylic acids is 3. The molecule has 1 aliphatic heterocycles. The van der Waals surface area contributed by atoms with Crippen molar-refractivity contribution in [1.29, 1.82) is 0 Å². The van der Waals surface area contributed by atoms with E-state index >= 15 is 0 Å². The van der Waals surface area contributed by atoms with E-state index in [2.05, 4.69) is 42.2 Å². The second kappa shape index (κ2) is 19.2. The van der Waals surface area contributed by atoms with Crippen molar-refractivity contribution in [3.8, 4) is 0 Å². The van der Waals surface area contributed by atoms with Gasteiger partial charge in [0.15, 0.2) is 11.6 Å². The molecule has 1 aliphatic rings. The molecule has 5 rings (SSSR count). The molecule has 284 valence electrons. The van der Waals surface area contributed by atoms with Gasteiger partial charge in [0.1, 0.15) is 12.1 Å². The standard InChI is InChI=1S/C38H46Cl2F2N8O3/c1-2-44-14-15-45-36(51)33(12-13-43)47-37(52)34(19-24-8-11-31(41)32(42)18-24)48-38(53)46-26-9-10-27-25(21-49-16-3-4-17-49)22-50(35(27)20-26)23-28-29(39)6-5-7-30(28)40/h5-11,18,20,22,33-34,44H,2-4,12-17,19,21,23,43H2,1H3,(H,45,51)(H,47,52)(H2,46,48,53)/t33-,34-/m0/s1. The maximum atomic E-state index is 14.2. The highest BCUT2D eigenvalue weighted by atomic mass is 35.5. The highest BCUT2D eigenvalue weighted by Crippen LogP contribution is 2.31. The Bertz CT molecular complexity index is 1880. The summed E-state index contributed by atoms with van der Waals surface area (Å²) in [5, 5.41) is 16.1. The molecular weight excluding hydrogens is 725 g/mol. The number of hydrogen-bond donors (Lipinski definition) is 6. The Balaban J connectivity index is 1.37. The summed E-state index contributed by atoms with van der Waals surface area (Å²) >= 11 is 13.1. The highest BCUT2D eigenvalue weighted by molar-refractivity contribution is 6.36. The first kappa shape index (κ1) is 39.9. The molecule has 1 saturated heterocycles. The number of rotatable bonds is 17. The first-order valence-electron chi connectivity index (χ1n) is 17.8. The minimum Gasteiger partial charge on any atom is -0.353 e. The summed E-state index contributed by atoms with van der Waals surface area (Å²) in [4.78, 5) is 42.5. The predicted octanol–water partition coefficient (Wildman–Crippen LogP) is 5.16. The summed E-state index contributed by atoms with van der Waals surface area (Å²) in [6, 6.07) is 11.2. The Morgan fingerprint density at radius 2 is 1.64 bits per heavy atom. The fraction of sp³-hybridized carbons (Fsp3) is 0.395. The SMILES string of the molecule is CCNCCNC(=O)[C@H](CCN)NC(=O)[C@H](Cc1ccc(F)c(F)c1)NC(=O)Nc1ccc2c(CN3CCCC3)cn(Cc3c(Cl)cccc3Cl)c2c1. The lowest BCUT2D eigenvalue weighted by atomic mass is 10.0. The highest BCUT2D eigenvalue weighted by Gasteiger charge is 2.27. The average molecular weight is 772 g/mol. The van der Waals surface area contributed by atoms with E-state index in [1.165, 1.54) is 6.07 Å². The third kappa shape index (κ3) is 10.9. The van der Waals surface area contributed by atoms with Gasteiger partial charge in [-0.1, -0.05) is 48.3 Å². The van der Waals surface area contributed by atoms with Gasteiger partial charge in [0.25, 0.3) is 0 Å². The summed E-state index contributed by atoms with van der Waals surface area (Å²) < 4.78 is 29.9. The van der Waals surface area contributed by atoms with Crippen LogP contribution in [0.4, 0.5) is 19.3 Å². The zero-order valence-electron chi connectivity index (χ0n) is 29.6. The second-order valence-electron chi connectivity index (χ2n) is 13.1. The molecule has 53 heavy (non-hydrogen) atoms. The van der Waals surface area contributed by atoms with E-state index < -0.39 is 41.6 Å². The molecule has 0 bridgehead atoms. The number of benzene rings is 3. The molecule has 0 spiro atoms. The Kier molecular flexibility index (Phi) is 14.4. The third-order valence-corrected chi connectivity index (χ3v) is 9.90. The summed E-state index contributed by atoms with van der Waals surface area (Å²) in [5.41, 5.74) is 9.19. The molecule has 15 heteroatoms. The topological polar surface area (TPSA) is 146 Å². The first-order valence-corrected chi connectivity index (χ1v) is 18.6. The zero-order chi connectivity index (χ0) is 37.9. The van der Waals surface area contributed by atoms with Crippen LogP contribution >= 0.6 is 23.2 Å². The van der Waals surface area contributed by atoms with Crippen molar-refractivity contribution in [2.75, 3.05) is 44.6 Å². The molecule has 1 aromatic heterocycles. The Morgan fingerprint density at radius 3 is 2.34 bits per heavy atom. The van der Waals surface area contributed by atoms with Gasteiger partial charge < -0.3 is 36.9 Å². The molecule has 0 aliphatic carbocycles. The number of nitrogens with two attached hydrogens (primary N) is 1. The van der Waals surface area contributed by atoms with Crippen molar-refractivity contribution in [3.63, 3.8) is 0 Å². The van der Waals surface area contributed by atoms with Gasteiger partial charge in [-0.2, -0.15) is 0 Å². The minimum atomic E-state index is -1.27. The fourth-order valence-electron chi connectivity index (χ4n) is 6.46. The van der Waals surface area contributed by atoms with E-state index in [-0.39, 0.29) is 24.9 Å². The average Bonchev–Trinajstić information content (AvgIpc) is 3.77. The molecule has 2 heterocycles. The summed E-state index contributed by atoms with van der Waals surface area (Å²) in [6.45, 7) is 6.87. The Labute approximate surface area is 317 Å². The number of fused-ring (bicyclic) bond motifs is 1. The number of likely N-dealkylation sites (N-methyl/N-ethyl adjacent to an activating group) is 1. The first-order chi connectivity index (χ1) is 25.6. The largest absolute Gasteiger partial charge is 0.353 e. The molecule has 4 aromatic rings. The van der Waals surface area contributed by atoms with Crippen LogP contribution in [0.5, 0.6) is 0 Å². The van der Waals surface area contributed by atoms with Gasteiger partial charge >= 0.3 is 6.03 Å². The van der Waals surface area contributed by atoms with Crippen LogP contribution < -0.4 is 32.3 Å². The second-order valence-corrected chi connectivity index (χ2v) is 13.9. The smallest absolute Gasteiger partial charge is 0.319 e. The van der Waals surface area contributed by atoms with Gasteiger partial charge in [0, 0.05) is 58.9 Å². The quantitative estimate of drug-likeness (QED) is 0.0819. The van der Waals surface area contributed by atoms with Crippen LogP contribution in [0.3, 0.4) is 0 Å². The van der Waals surface area contributed by atoms with E-state index in [9.17, 15) is 23.2 Å². The molecule has 7 N–H and O–H groups in total. The van der Waals surface area contributed by atoms with Gasteiger partial charge in [-0.25, -0.2) is 13.6 Å². The number of nitrogens with zero attached hydrogens (tertiary/aromatic N) is 2. The van der Waals surface area contributed by atoms with Crippen molar-refractivity contribution in [1.82, 2.24) is 30.7 Å². The predicted molar refractivity (Wildman–Crippen MR) is 205 cm³/mol. The van der Waals surface area contributed by atoms with E-state index in [4.69, 9.17) is 28.9 Å². The van der Waals surface area contributed by atoms with Crippen LogP contribution in [0, 0.1) is 11.6 Å². The fourth-order valence-corrected chi connectivity index (χ4v) is 6.97. The van der Waals surface area contributed by atoms with Gasteiger partial charge in [-0.05, 0) is 93.0 Å². The van der Waals surface area contributed by atoms with Gasteiger partial charge in [-0.3, -0.25) is 14.5 Å². The lowest BCUT2D eigenvalue weighted by Gasteiger charge is -2.23. The molecule has 0 unspecified atom stereocenters. The summed E-state index contributed by atoms with van der Waals surface area (Å²) in [7, 11) is 0. The van der Waals surface area contributed by atoms with Gasteiger partial charge in [0.2, 0.25) is 11.8 Å².